The summed E-state index contributed by atoms with van der Waals surface area (Å²) in [6.07, 6.45) is 3.83. The SMILES string of the molecule is CN(C)CCc1c[nH]c2ccc(C[C@H](N)CO)cc12.Cl.Cl. The van der Waals surface area contributed by atoms with Crippen LogP contribution in [-0.2, 0) is 12.8 Å². The number of fused-ring (bicyclic) bond motifs is 1. The number of H-pyrrole nitrogens is 1. The first kappa shape index (κ1) is 20.2. The Kier molecular flexibility index (Phi) is 8.94. The molecule has 1 aromatic carbocycles. The van der Waals surface area contributed by atoms with E-state index in [2.05, 4.69) is 48.4 Å². The number of aliphatic hydroxyl groups is 1. The van der Waals surface area contributed by atoms with Crippen LogP contribution in [0.1, 0.15) is 11.1 Å². The average molecular weight is 334 g/mol. The molecule has 2 aromatic rings. The number of nitrogens with zero attached hydrogens (tertiary/aromatic N) is 1. The minimum absolute atomic E-state index is 0. The lowest BCUT2D eigenvalue weighted by Crippen LogP contribution is -2.26. The van der Waals surface area contributed by atoms with Crippen molar-refractivity contribution in [2.24, 2.45) is 5.73 Å². The lowest BCUT2D eigenvalue weighted by Gasteiger charge is -2.10. The minimum atomic E-state index is -0.179. The Balaban J connectivity index is 0.00000200. The number of nitrogens with one attached hydrogen (secondary N) is 1. The summed E-state index contributed by atoms with van der Waals surface area (Å²) in [4.78, 5) is 5.49. The molecule has 0 saturated heterocycles. The van der Waals surface area contributed by atoms with Crippen LogP contribution in [0.3, 0.4) is 0 Å². The van der Waals surface area contributed by atoms with E-state index >= 15 is 0 Å². The molecule has 0 unspecified atom stereocenters. The van der Waals surface area contributed by atoms with E-state index in [1.807, 2.05) is 0 Å². The van der Waals surface area contributed by atoms with Crippen molar-refractivity contribution in [1.29, 1.82) is 0 Å². The van der Waals surface area contributed by atoms with Crippen molar-refractivity contribution in [2.45, 2.75) is 18.9 Å². The molecule has 1 atom stereocenters. The number of hydrogen-bond donors (Lipinski definition) is 3. The van der Waals surface area contributed by atoms with Crippen LogP contribution in [-0.4, -0.2) is 48.3 Å². The molecule has 6 heteroatoms. The lowest BCUT2D eigenvalue weighted by molar-refractivity contribution is 0.265. The third-order valence-corrected chi connectivity index (χ3v) is 3.39. The van der Waals surface area contributed by atoms with Crippen molar-refractivity contribution in [3.05, 3.63) is 35.5 Å². The maximum atomic E-state index is 9.03. The van der Waals surface area contributed by atoms with E-state index in [-0.39, 0.29) is 37.5 Å². The molecule has 0 aliphatic heterocycles. The second kappa shape index (κ2) is 9.28. The van der Waals surface area contributed by atoms with Crippen LogP contribution in [0, 0.1) is 0 Å². The van der Waals surface area contributed by atoms with Gasteiger partial charge >= 0.3 is 0 Å². The van der Waals surface area contributed by atoms with Crippen molar-refractivity contribution >= 4 is 35.7 Å². The van der Waals surface area contributed by atoms with Crippen molar-refractivity contribution in [2.75, 3.05) is 27.2 Å². The molecule has 0 aliphatic rings. The minimum Gasteiger partial charge on any atom is -0.395 e. The summed E-state index contributed by atoms with van der Waals surface area (Å²) in [5.74, 6) is 0. The quantitative estimate of drug-likeness (QED) is 0.757. The van der Waals surface area contributed by atoms with Crippen molar-refractivity contribution < 1.29 is 5.11 Å². The molecule has 0 amide bonds. The highest BCUT2D eigenvalue weighted by atomic mass is 35.5. The van der Waals surface area contributed by atoms with Crippen LogP contribution in [0.15, 0.2) is 24.4 Å². The molecule has 4 N–H and O–H groups in total. The monoisotopic (exact) mass is 333 g/mol. The van der Waals surface area contributed by atoms with Gasteiger partial charge in [-0.1, -0.05) is 6.07 Å². The van der Waals surface area contributed by atoms with E-state index in [1.165, 1.54) is 16.5 Å². The van der Waals surface area contributed by atoms with Crippen LogP contribution in [0.2, 0.25) is 0 Å². The normalized spacial score (nSPS) is 12.0. The molecule has 21 heavy (non-hydrogen) atoms. The van der Waals surface area contributed by atoms with Gasteiger partial charge in [-0.2, -0.15) is 0 Å². The third-order valence-electron chi connectivity index (χ3n) is 3.39. The first-order valence-electron chi connectivity index (χ1n) is 6.70. The number of hydrogen-bond acceptors (Lipinski definition) is 3. The zero-order valence-corrected chi connectivity index (χ0v) is 14.1. The average Bonchev–Trinajstić information content (AvgIpc) is 2.78. The summed E-state index contributed by atoms with van der Waals surface area (Å²) in [5.41, 5.74) is 9.47. The molecule has 0 saturated carbocycles. The van der Waals surface area contributed by atoms with E-state index in [1.54, 1.807) is 0 Å². The van der Waals surface area contributed by atoms with Gasteiger partial charge in [0.15, 0.2) is 0 Å². The zero-order valence-electron chi connectivity index (χ0n) is 12.5. The highest BCUT2D eigenvalue weighted by Gasteiger charge is 2.07. The van der Waals surface area contributed by atoms with Gasteiger partial charge in [0.2, 0.25) is 0 Å². The van der Waals surface area contributed by atoms with Gasteiger partial charge in [-0.25, -0.2) is 0 Å². The number of aromatic amines is 1. The lowest BCUT2D eigenvalue weighted by atomic mass is 10.0. The Morgan fingerprint density at radius 2 is 2.00 bits per heavy atom. The molecule has 0 fully saturated rings. The number of aliphatic hydroxyl groups excluding tert-OH is 1. The van der Waals surface area contributed by atoms with E-state index in [0.29, 0.717) is 6.42 Å². The molecule has 1 aromatic heterocycles. The van der Waals surface area contributed by atoms with Gasteiger partial charge in [0, 0.05) is 29.7 Å². The molecule has 1 heterocycles. The smallest absolute Gasteiger partial charge is 0.0585 e. The van der Waals surface area contributed by atoms with Crippen molar-refractivity contribution in [1.82, 2.24) is 9.88 Å². The fraction of sp³-hybridized carbons (Fsp3) is 0.467. The van der Waals surface area contributed by atoms with Gasteiger partial charge in [-0.05, 0) is 50.2 Å². The van der Waals surface area contributed by atoms with Gasteiger partial charge in [-0.15, -0.1) is 24.8 Å². The number of likely N-dealkylation sites (N-methyl/N-ethyl adjacent to an activating group) is 1. The van der Waals surface area contributed by atoms with E-state index in [9.17, 15) is 0 Å². The number of rotatable bonds is 6. The van der Waals surface area contributed by atoms with Crippen LogP contribution in [0.4, 0.5) is 0 Å². The first-order valence-corrected chi connectivity index (χ1v) is 6.70. The second-order valence-electron chi connectivity index (χ2n) is 5.39. The maximum absolute atomic E-state index is 9.03. The molecule has 120 valence electrons. The number of halogens is 2. The Morgan fingerprint density at radius 3 is 2.62 bits per heavy atom. The van der Waals surface area contributed by atoms with Gasteiger partial charge in [-0.3, -0.25) is 0 Å². The Hall–Kier alpha value is -0.780. The Bertz CT molecular complexity index is 543. The van der Waals surface area contributed by atoms with Crippen LogP contribution in [0.25, 0.3) is 10.9 Å². The fourth-order valence-corrected chi connectivity index (χ4v) is 2.27. The summed E-state index contributed by atoms with van der Waals surface area (Å²) in [7, 11) is 4.17. The highest BCUT2D eigenvalue weighted by Crippen LogP contribution is 2.21. The first-order chi connectivity index (χ1) is 9.10. The zero-order chi connectivity index (χ0) is 13.8. The molecule has 0 radical (unpaired) electrons. The van der Waals surface area contributed by atoms with Gasteiger partial charge in [0.25, 0.3) is 0 Å². The third kappa shape index (κ3) is 5.49. The van der Waals surface area contributed by atoms with Crippen LogP contribution in [0.5, 0.6) is 0 Å². The predicted octanol–water partition coefficient (Wildman–Crippen LogP) is 1.98. The van der Waals surface area contributed by atoms with Crippen molar-refractivity contribution in [3.8, 4) is 0 Å². The molecule has 4 nitrogen and oxygen atoms in total. The molecular formula is C15H25Cl2N3O. The molecule has 0 spiro atoms. The highest BCUT2D eigenvalue weighted by molar-refractivity contribution is 5.85. The summed E-state index contributed by atoms with van der Waals surface area (Å²) >= 11 is 0. The molecular weight excluding hydrogens is 309 g/mol. The van der Waals surface area contributed by atoms with Crippen LogP contribution >= 0.6 is 24.8 Å². The van der Waals surface area contributed by atoms with E-state index in [4.69, 9.17) is 10.8 Å². The molecule has 0 aliphatic carbocycles. The van der Waals surface area contributed by atoms with Gasteiger partial charge in [0.1, 0.15) is 0 Å². The number of aromatic nitrogens is 1. The summed E-state index contributed by atoms with van der Waals surface area (Å²) < 4.78 is 0. The topological polar surface area (TPSA) is 65.3 Å². The van der Waals surface area contributed by atoms with E-state index in [0.717, 1.165) is 18.5 Å². The standard InChI is InChI=1S/C15H23N3O.2ClH/c1-18(2)6-5-12-9-17-15-4-3-11(8-14(12)15)7-13(16)10-19;;/h3-4,8-9,13,17,19H,5-7,10,16H2,1-2H3;2*1H/t13-;;/m0../s1. The fourth-order valence-electron chi connectivity index (χ4n) is 2.27. The molecule has 0 bridgehead atoms. The summed E-state index contributed by atoms with van der Waals surface area (Å²) in [6.45, 7) is 1.06. The summed E-state index contributed by atoms with van der Waals surface area (Å²) in [6, 6.07) is 6.17. The predicted molar refractivity (Wildman–Crippen MR) is 93.8 cm³/mol. The van der Waals surface area contributed by atoms with E-state index < -0.39 is 0 Å². The molecule has 2 rings (SSSR count). The summed E-state index contributed by atoms with van der Waals surface area (Å²) in [5, 5.41) is 10.3. The van der Waals surface area contributed by atoms with Gasteiger partial charge in [0.05, 0.1) is 6.61 Å². The van der Waals surface area contributed by atoms with Crippen molar-refractivity contribution in [3.63, 3.8) is 0 Å². The number of nitrogens with two attached hydrogens (primary N) is 1. The Morgan fingerprint density at radius 1 is 1.29 bits per heavy atom. The van der Waals surface area contributed by atoms with Crippen LogP contribution < -0.4 is 5.73 Å². The Labute approximate surface area is 138 Å². The largest absolute Gasteiger partial charge is 0.395 e. The van der Waals surface area contributed by atoms with Gasteiger partial charge < -0.3 is 20.7 Å². The second-order valence-corrected chi connectivity index (χ2v) is 5.39. The maximum Gasteiger partial charge on any atom is 0.0585 e. The number of benzene rings is 1.